The molecule has 0 saturated heterocycles. The number of esters is 2. The van der Waals surface area contributed by atoms with Crippen LogP contribution in [0, 0.1) is 5.92 Å². The van der Waals surface area contributed by atoms with Crippen molar-refractivity contribution in [2.75, 3.05) is 11.5 Å². The van der Waals surface area contributed by atoms with E-state index in [0.29, 0.717) is 5.75 Å². The molecule has 0 bridgehead atoms. The van der Waals surface area contributed by atoms with Crippen LogP contribution in [0.1, 0.15) is 41.0 Å². The second kappa shape index (κ2) is 9.25. The number of thioether (sulfide) groups is 1. The van der Waals surface area contributed by atoms with Crippen molar-refractivity contribution >= 4 is 23.7 Å². The summed E-state index contributed by atoms with van der Waals surface area (Å²) in [6.07, 6.45) is 0.533. The van der Waals surface area contributed by atoms with Crippen LogP contribution in [0.5, 0.6) is 0 Å². The summed E-state index contributed by atoms with van der Waals surface area (Å²) < 4.78 is 10.2. The molecule has 0 aromatic rings. The first-order chi connectivity index (χ1) is 8.36. The molecule has 106 valence electrons. The molecule has 4 nitrogen and oxygen atoms in total. The normalized spacial score (nSPS) is 12.6. The van der Waals surface area contributed by atoms with E-state index in [-0.39, 0.29) is 35.8 Å². The van der Waals surface area contributed by atoms with Gasteiger partial charge in [0.15, 0.2) is 0 Å². The average molecular weight is 276 g/mol. The van der Waals surface area contributed by atoms with E-state index < -0.39 is 0 Å². The topological polar surface area (TPSA) is 52.6 Å². The predicted octanol–water partition coefficient (Wildman–Crippen LogP) is 2.65. The molecule has 0 rings (SSSR count). The molecule has 18 heavy (non-hydrogen) atoms. The number of hydrogen-bond donors (Lipinski definition) is 0. The molecule has 0 aromatic heterocycles. The van der Waals surface area contributed by atoms with Crippen LogP contribution in [-0.2, 0) is 19.1 Å². The van der Waals surface area contributed by atoms with Gasteiger partial charge < -0.3 is 9.47 Å². The summed E-state index contributed by atoms with van der Waals surface area (Å²) in [6.45, 7) is 9.24. The van der Waals surface area contributed by atoms with Crippen molar-refractivity contribution in [2.24, 2.45) is 5.92 Å². The minimum absolute atomic E-state index is 0.0917. The van der Waals surface area contributed by atoms with Crippen molar-refractivity contribution in [3.05, 3.63) is 0 Å². The highest BCUT2D eigenvalue weighted by molar-refractivity contribution is 7.99. The van der Waals surface area contributed by atoms with Crippen LogP contribution in [0.2, 0.25) is 0 Å². The van der Waals surface area contributed by atoms with Crippen LogP contribution in [0.3, 0.4) is 0 Å². The van der Waals surface area contributed by atoms with E-state index in [0.717, 1.165) is 6.42 Å². The van der Waals surface area contributed by atoms with Gasteiger partial charge in [-0.25, -0.2) is 0 Å². The van der Waals surface area contributed by atoms with Crippen molar-refractivity contribution in [1.29, 1.82) is 0 Å². The summed E-state index contributed by atoms with van der Waals surface area (Å²) in [6, 6.07) is 0. The number of hydrogen-bond acceptors (Lipinski definition) is 5. The van der Waals surface area contributed by atoms with Crippen LogP contribution in [0.25, 0.3) is 0 Å². The summed E-state index contributed by atoms with van der Waals surface area (Å²) in [5.74, 6) is 0.308. The smallest absolute Gasteiger partial charge is 0.316 e. The van der Waals surface area contributed by atoms with Gasteiger partial charge in [0.05, 0.1) is 23.9 Å². The zero-order chi connectivity index (χ0) is 14.1. The molecule has 0 saturated carbocycles. The number of carbonyl (C=O) groups is 2. The molecule has 0 aliphatic heterocycles. The van der Waals surface area contributed by atoms with E-state index in [1.54, 1.807) is 0 Å². The van der Waals surface area contributed by atoms with Gasteiger partial charge in [-0.1, -0.05) is 6.92 Å². The van der Waals surface area contributed by atoms with Gasteiger partial charge in [-0.3, -0.25) is 9.59 Å². The SMILES string of the molecule is CCC(CSCC(=O)OC(C)C)C(=O)OC(C)C. The number of ether oxygens (including phenoxy) is 2. The molecular formula is C13H24O4S. The summed E-state index contributed by atoms with van der Waals surface area (Å²) in [4.78, 5) is 23.0. The Hall–Kier alpha value is -0.710. The van der Waals surface area contributed by atoms with Crippen molar-refractivity contribution < 1.29 is 19.1 Å². The van der Waals surface area contributed by atoms with E-state index in [1.165, 1.54) is 11.8 Å². The zero-order valence-corrected chi connectivity index (χ0v) is 12.7. The maximum absolute atomic E-state index is 11.7. The summed E-state index contributed by atoms with van der Waals surface area (Å²) in [7, 11) is 0. The largest absolute Gasteiger partial charge is 0.463 e. The van der Waals surface area contributed by atoms with Crippen LogP contribution < -0.4 is 0 Å². The fourth-order valence-electron chi connectivity index (χ4n) is 1.26. The maximum atomic E-state index is 11.7. The van der Waals surface area contributed by atoms with Gasteiger partial charge in [0, 0.05) is 5.75 Å². The standard InChI is InChI=1S/C13H24O4S/c1-6-11(13(15)17-10(4)5)7-18-8-12(14)16-9(2)3/h9-11H,6-8H2,1-5H3. The molecule has 5 heteroatoms. The lowest BCUT2D eigenvalue weighted by atomic mass is 10.1. The molecular weight excluding hydrogens is 252 g/mol. The fourth-order valence-corrected chi connectivity index (χ4v) is 2.27. The highest BCUT2D eigenvalue weighted by Gasteiger charge is 2.19. The second-order valence-corrected chi connectivity index (χ2v) is 5.67. The van der Waals surface area contributed by atoms with Gasteiger partial charge in [0.1, 0.15) is 0 Å². The molecule has 1 atom stereocenters. The van der Waals surface area contributed by atoms with E-state index in [1.807, 2.05) is 34.6 Å². The van der Waals surface area contributed by atoms with Crippen LogP contribution >= 0.6 is 11.8 Å². The molecule has 0 aliphatic carbocycles. The fraction of sp³-hybridized carbons (Fsp3) is 0.846. The Morgan fingerprint density at radius 3 is 2.06 bits per heavy atom. The van der Waals surface area contributed by atoms with E-state index >= 15 is 0 Å². The highest BCUT2D eigenvalue weighted by atomic mass is 32.2. The molecule has 0 aliphatic rings. The average Bonchev–Trinajstić information content (AvgIpc) is 2.22. The summed E-state index contributed by atoms with van der Waals surface area (Å²) in [5, 5.41) is 0. The first-order valence-corrected chi connectivity index (χ1v) is 7.50. The molecule has 1 unspecified atom stereocenters. The van der Waals surface area contributed by atoms with Gasteiger partial charge >= 0.3 is 11.9 Å². The Balaban J connectivity index is 3.94. The Bertz CT molecular complexity index is 264. The van der Waals surface area contributed by atoms with E-state index in [9.17, 15) is 9.59 Å². The van der Waals surface area contributed by atoms with Crippen molar-refractivity contribution in [3.8, 4) is 0 Å². The second-order valence-electron chi connectivity index (χ2n) is 4.64. The third-order valence-electron chi connectivity index (χ3n) is 2.08. The maximum Gasteiger partial charge on any atom is 0.316 e. The van der Waals surface area contributed by atoms with E-state index in [2.05, 4.69) is 0 Å². The lowest BCUT2D eigenvalue weighted by Gasteiger charge is -2.15. The third kappa shape index (κ3) is 8.39. The van der Waals surface area contributed by atoms with Crippen molar-refractivity contribution in [1.82, 2.24) is 0 Å². The minimum atomic E-state index is -0.234. The number of carbonyl (C=O) groups excluding carboxylic acids is 2. The molecule has 0 radical (unpaired) electrons. The van der Waals surface area contributed by atoms with Gasteiger partial charge in [-0.15, -0.1) is 11.8 Å². The predicted molar refractivity (Wildman–Crippen MR) is 73.6 cm³/mol. The Labute approximate surface area is 114 Å². The first kappa shape index (κ1) is 17.3. The zero-order valence-electron chi connectivity index (χ0n) is 11.9. The van der Waals surface area contributed by atoms with Gasteiger partial charge in [-0.05, 0) is 34.1 Å². The molecule has 0 aromatic carbocycles. The Kier molecular flexibility index (Phi) is 8.89. The van der Waals surface area contributed by atoms with Gasteiger partial charge in [0.25, 0.3) is 0 Å². The van der Waals surface area contributed by atoms with Crippen LogP contribution in [0.15, 0.2) is 0 Å². The quantitative estimate of drug-likeness (QED) is 0.638. The molecule has 0 heterocycles. The molecule has 0 amide bonds. The van der Waals surface area contributed by atoms with Gasteiger partial charge in [0.2, 0.25) is 0 Å². The third-order valence-corrected chi connectivity index (χ3v) is 3.16. The Morgan fingerprint density at radius 1 is 1.06 bits per heavy atom. The monoisotopic (exact) mass is 276 g/mol. The molecule has 0 spiro atoms. The first-order valence-electron chi connectivity index (χ1n) is 6.34. The molecule has 0 N–H and O–H groups in total. The van der Waals surface area contributed by atoms with E-state index in [4.69, 9.17) is 9.47 Å². The Morgan fingerprint density at radius 2 is 1.61 bits per heavy atom. The summed E-state index contributed by atoms with van der Waals surface area (Å²) in [5.41, 5.74) is 0. The number of rotatable bonds is 8. The lowest BCUT2D eigenvalue weighted by molar-refractivity contribution is -0.151. The van der Waals surface area contributed by atoms with Crippen molar-refractivity contribution in [3.63, 3.8) is 0 Å². The minimum Gasteiger partial charge on any atom is -0.463 e. The molecule has 0 fully saturated rings. The summed E-state index contributed by atoms with van der Waals surface area (Å²) >= 11 is 1.42. The van der Waals surface area contributed by atoms with Gasteiger partial charge in [-0.2, -0.15) is 0 Å². The van der Waals surface area contributed by atoms with Crippen LogP contribution in [-0.4, -0.2) is 35.7 Å². The lowest BCUT2D eigenvalue weighted by Crippen LogP contribution is -2.23. The van der Waals surface area contributed by atoms with Crippen LogP contribution in [0.4, 0.5) is 0 Å². The highest BCUT2D eigenvalue weighted by Crippen LogP contribution is 2.15. The van der Waals surface area contributed by atoms with Crippen molar-refractivity contribution in [2.45, 2.75) is 53.2 Å².